The molecule has 0 unspecified atom stereocenters. The minimum absolute atomic E-state index is 0.331. The fourth-order valence-corrected chi connectivity index (χ4v) is 5.16. The molecule has 2 saturated carbocycles. The Hall–Kier alpha value is -2.54. The van der Waals surface area contributed by atoms with E-state index in [-0.39, 0.29) is 5.60 Å². The fraction of sp³-hybridized carbons (Fsp3) is 0.357. The molecule has 2 aromatic carbocycles. The molecule has 5 rings (SSSR count). The van der Waals surface area contributed by atoms with Gasteiger partial charge in [-0.25, -0.2) is 0 Å². The van der Waals surface area contributed by atoms with Crippen LogP contribution in [0.5, 0.6) is 5.75 Å². The molecule has 0 aliphatic heterocycles. The Morgan fingerprint density at radius 2 is 1.97 bits per heavy atom. The van der Waals surface area contributed by atoms with E-state index in [1.807, 2.05) is 42.7 Å². The number of para-hydroxylation sites is 1. The van der Waals surface area contributed by atoms with Crippen LogP contribution in [0, 0.1) is 0 Å². The molecule has 1 heterocycles. The molecule has 0 spiro atoms. The first-order valence-electron chi connectivity index (χ1n) is 12.0. The van der Waals surface area contributed by atoms with Gasteiger partial charge in [-0.05, 0) is 73.6 Å². The summed E-state index contributed by atoms with van der Waals surface area (Å²) in [7, 11) is 0. The van der Waals surface area contributed by atoms with Gasteiger partial charge in [-0.1, -0.05) is 29.8 Å². The summed E-state index contributed by atoms with van der Waals surface area (Å²) in [5.41, 5.74) is 3.90. The molecular formula is C28H28ClNO4S. The topological polar surface area (TPSA) is 57.7 Å². The van der Waals surface area contributed by atoms with E-state index in [0.717, 1.165) is 70.8 Å². The molecule has 35 heavy (non-hydrogen) atoms. The lowest BCUT2D eigenvalue weighted by atomic mass is 9.96. The van der Waals surface area contributed by atoms with Gasteiger partial charge in [0.25, 0.3) is 6.47 Å². The highest BCUT2D eigenvalue weighted by molar-refractivity contribution is 7.99. The molecule has 0 saturated heterocycles. The van der Waals surface area contributed by atoms with Gasteiger partial charge in [0.2, 0.25) is 0 Å². The van der Waals surface area contributed by atoms with Crippen molar-refractivity contribution in [2.45, 2.75) is 55.3 Å². The number of ether oxygens (including phenoxy) is 3. The number of nitrogens with zero attached hydrogens (tertiary/aromatic N) is 1. The second-order valence-corrected chi connectivity index (χ2v) is 10.5. The van der Waals surface area contributed by atoms with Crippen molar-refractivity contribution in [1.29, 1.82) is 0 Å². The third-order valence-electron chi connectivity index (χ3n) is 6.28. The number of carbonyl (C=O) groups excluding carboxylic acids is 1. The summed E-state index contributed by atoms with van der Waals surface area (Å²) in [5, 5.41) is 0.698. The first-order valence-corrected chi connectivity index (χ1v) is 13.4. The van der Waals surface area contributed by atoms with Crippen LogP contribution in [0.1, 0.15) is 43.2 Å². The van der Waals surface area contributed by atoms with Crippen LogP contribution in [0.3, 0.4) is 0 Å². The lowest BCUT2D eigenvalue weighted by Crippen LogP contribution is -2.14. The zero-order valence-electron chi connectivity index (χ0n) is 19.5. The van der Waals surface area contributed by atoms with Gasteiger partial charge in [-0.15, -0.1) is 11.8 Å². The lowest BCUT2D eigenvalue weighted by Gasteiger charge is -2.22. The minimum atomic E-state index is -0.366. The van der Waals surface area contributed by atoms with E-state index in [2.05, 4.69) is 23.2 Å². The summed E-state index contributed by atoms with van der Waals surface area (Å²) in [6.07, 6.45) is 9.03. The Morgan fingerprint density at radius 3 is 2.77 bits per heavy atom. The van der Waals surface area contributed by atoms with Crippen molar-refractivity contribution in [3.63, 3.8) is 0 Å². The Balaban J connectivity index is 1.31. The molecule has 0 amide bonds. The normalized spacial score (nSPS) is 16.0. The Morgan fingerprint density at radius 1 is 1.11 bits per heavy atom. The third-order valence-corrected chi connectivity index (χ3v) is 7.72. The Bertz CT molecular complexity index is 1180. The van der Waals surface area contributed by atoms with E-state index in [1.54, 1.807) is 11.8 Å². The van der Waals surface area contributed by atoms with Gasteiger partial charge in [0.05, 0.1) is 24.9 Å². The van der Waals surface area contributed by atoms with Crippen molar-refractivity contribution >= 4 is 29.8 Å². The van der Waals surface area contributed by atoms with Crippen LogP contribution in [0.2, 0.25) is 5.02 Å². The second-order valence-electron chi connectivity index (χ2n) is 8.94. The van der Waals surface area contributed by atoms with Crippen LogP contribution in [0.25, 0.3) is 11.1 Å². The predicted molar refractivity (Wildman–Crippen MR) is 138 cm³/mol. The van der Waals surface area contributed by atoms with Gasteiger partial charge < -0.3 is 14.2 Å². The van der Waals surface area contributed by atoms with Gasteiger partial charge in [0.1, 0.15) is 5.75 Å². The van der Waals surface area contributed by atoms with Crippen molar-refractivity contribution in [2.75, 3.05) is 12.4 Å². The Labute approximate surface area is 215 Å². The average Bonchev–Trinajstić information content (AvgIpc) is 3.82. The van der Waals surface area contributed by atoms with Crippen LogP contribution < -0.4 is 4.74 Å². The SMILES string of the molecule is O=COCCCSc1ccc(Cl)c(COC2(c3cnccc3-c3ccccc3OC3CC3)CC2)c1. The number of thioether (sulfide) groups is 1. The van der Waals surface area contributed by atoms with Gasteiger partial charge in [0.15, 0.2) is 0 Å². The molecule has 1 aromatic heterocycles. The summed E-state index contributed by atoms with van der Waals surface area (Å²) in [4.78, 5) is 15.8. The van der Waals surface area contributed by atoms with E-state index >= 15 is 0 Å². The third kappa shape index (κ3) is 6.00. The monoisotopic (exact) mass is 509 g/mol. The fourth-order valence-electron chi connectivity index (χ4n) is 4.10. The molecule has 0 N–H and O–H groups in total. The molecule has 7 heteroatoms. The van der Waals surface area contributed by atoms with E-state index in [1.165, 1.54) is 0 Å². The zero-order chi connectivity index (χ0) is 24.1. The summed E-state index contributed by atoms with van der Waals surface area (Å²) in [6.45, 7) is 1.35. The quantitative estimate of drug-likeness (QED) is 0.143. The van der Waals surface area contributed by atoms with Crippen molar-refractivity contribution < 1.29 is 19.0 Å². The number of carbonyl (C=O) groups is 1. The molecular weight excluding hydrogens is 482 g/mol. The number of rotatable bonds is 13. The van der Waals surface area contributed by atoms with Crippen LogP contribution in [0.15, 0.2) is 65.8 Å². The molecule has 0 radical (unpaired) electrons. The van der Waals surface area contributed by atoms with E-state index in [4.69, 9.17) is 25.8 Å². The predicted octanol–water partition coefficient (Wildman–Crippen LogP) is 6.80. The maximum absolute atomic E-state index is 10.3. The number of hydrogen-bond donors (Lipinski definition) is 0. The molecule has 2 aliphatic rings. The van der Waals surface area contributed by atoms with Crippen LogP contribution >= 0.6 is 23.4 Å². The number of pyridine rings is 1. The van der Waals surface area contributed by atoms with Crippen molar-refractivity contribution in [3.8, 4) is 16.9 Å². The van der Waals surface area contributed by atoms with Gasteiger partial charge in [-0.2, -0.15) is 0 Å². The molecule has 2 fully saturated rings. The van der Waals surface area contributed by atoms with E-state index in [0.29, 0.717) is 30.8 Å². The maximum atomic E-state index is 10.3. The zero-order valence-corrected chi connectivity index (χ0v) is 21.0. The van der Waals surface area contributed by atoms with E-state index in [9.17, 15) is 4.79 Å². The van der Waals surface area contributed by atoms with Gasteiger partial charge >= 0.3 is 0 Å². The summed E-state index contributed by atoms with van der Waals surface area (Å²) in [6, 6.07) is 16.3. The van der Waals surface area contributed by atoms with Crippen molar-refractivity contribution in [3.05, 3.63) is 77.1 Å². The smallest absolute Gasteiger partial charge is 0.293 e. The average molecular weight is 510 g/mol. The van der Waals surface area contributed by atoms with Crippen LogP contribution in [0.4, 0.5) is 0 Å². The number of aromatic nitrogens is 1. The van der Waals surface area contributed by atoms with Crippen LogP contribution in [-0.2, 0) is 26.5 Å². The highest BCUT2D eigenvalue weighted by Gasteiger charge is 2.47. The summed E-state index contributed by atoms with van der Waals surface area (Å²) < 4.78 is 17.5. The standard InChI is InChI=1S/C28H28ClNO4S/c29-26-9-8-22(35-15-3-14-32-19-31)16-20(26)18-33-28(11-12-28)25-17-30-13-10-23(25)24-4-1-2-5-27(24)34-21-6-7-21/h1-2,4-5,8-10,13,16-17,19,21H,3,6-7,11-12,14-15,18H2. The first kappa shape index (κ1) is 24.2. The first-order chi connectivity index (χ1) is 17.2. The number of halogens is 1. The van der Waals surface area contributed by atoms with Crippen molar-refractivity contribution in [2.24, 2.45) is 0 Å². The lowest BCUT2D eigenvalue weighted by molar-refractivity contribution is -0.128. The molecule has 0 bridgehead atoms. The molecule has 3 aromatic rings. The maximum Gasteiger partial charge on any atom is 0.293 e. The van der Waals surface area contributed by atoms with Gasteiger partial charge in [0, 0.05) is 39.2 Å². The molecule has 182 valence electrons. The van der Waals surface area contributed by atoms with Crippen molar-refractivity contribution in [1.82, 2.24) is 4.98 Å². The van der Waals surface area contributed by atoms with E-state index < -0.39 is 0 Å². The van der Waals surface area contributed by atoms with Crippen LogP contribution in [-0.4, -0.2) is 29.9 Å². The molecule has 0 atom stereocenters. The second kappa shape index (κ2) is 11.0. The number of benzene rings is 2. The molecule has 2 aliphatic carbocycles. The summed E-state index contributed by atoms with van der Waals surface area (Å²) >= 11 is 8.24. The number of hydrogen-bond acceptors (Lipinski definition) is 6. The minimum Gasteiger partial charge on any atom is -0.490 e. The highest BCUT2D eigenvalue weighted by atomic mass is 35.5. The largest absolute Gasteiger partial charge is 0.490 e. The Kier molecular flexibility index (Phi) is 7.61. The highest BCUT2D eigenvalue weighted by Crippen LogP contribution is 2.53. The molecule has 5 nitrogen and oxygen atoms in total. The van der Waals surface area contributed by atoms with Gasteiger partial charge in [-0.3, -0.25) is 9.78 Å². The summed E-state index contributed by atoms with van der Waals surface area (Å²) in [5.74, 6) is 1.78.